The van der Waals surface area contributed by atoms with Crippen LogP contribution < -0.4 is 14.8 Å². The van der Waals surface area contributed by atoms with Gasteiger partial charge >= 0.3 is 0 Å². The number of rotatable bonds is 5. The van der Waals surface area contributed by atoms with Gasteiger partial charge in [-0.15, -0.1) is 0 Å². The lowest BCUT2D eigenvalue weighted by Gasteiger charge is -2.20. The highest BCUT2D eigenvalue weighted by Crippen LogP contribution is 2.33. The summed E-state index contributed by atoms with van der Waals surface area (Å²) in [5.74, 6) is 1.02. The molecule has 1 amide bonds. The first kappa shape index (κ1) is 12.7. The molecule has 0 aromatic heterocycles. The van der Waals surface area contributed by atoms with Gasteiger partial charge < -0.3 is 19.5 Å². The lowest BCUT2D eigenvalue weighted by Crippen LogP contribution is -2.27. The smallest absolute Gasteiger partial charge is 0.255 e. The number of benzene rings is 1. The fourth-order valence-electron chi connectivity index (χ4n) is 1.77. The Morgan fingerprint density at radius 2 is 2.22 bits per heavy atom. The Balaban J connectivity index is 2.01. The van der Waals surface area contributed by atoms with Crippen molar-refractivity contribution in [1.29, 1.82) is 0 Å². The van der Waals surface area contributed by atoms with E-state index in [-0.39, 0.29) is 5.91 Å². The van der Waals surface area contributed by atoms with Crippen LogP contribution in [0.4, 0.5) is 0 Å². The molecule has 0 bridgehead atoms. The van der Waals surface area contributed by atoms with Gasteiger partial charge in [-0.3, -0.25) is 4.79 Å². The average molecular weight is 251 g/mol. The molecule has 0 aliphatic carbocycles. The molecule has 5 nitrogen and oxygen atoms in total. The summed E-state index contributed by atoms with van der Waals surface area (Å²) in [5.41, 5.74) is 0.518. The molecule has 0 saturated carbocycles. The zero-order chi connectivity index (χ0) is 12.8. The van der Waals surface area contributed by atoms with Gasteiger partial charge in [0.2, 0.25) is 0 Å². The van der Waals surface area contributed by atoms with E-state index in [0.717, 1.165) is 6.42 Å². The second-order valence-corrected chi connectivity index (χ2v) is 3.93. The molecule has 0 spiro atoms. The van der Waals surface area contributed by atoms with Crippen molar-refractivity contribution in [3.8, 4) is 11.5 Å². The minimum Gasteiger partial charge on any atom is -0.486 e. The van der Waals surface area contributed by atoms with E-state index in [9.17, 15) is 4.79 Å². The molecule has 18 heavy (non-hydrogen) atoms. The number of fused-ring (bicyclic) bond motifs is 1. The van der Waals surface area contributed by atoms with E-state index in [2.05, 4.69) is 5.32 Å². The van der Waals surface area contributed by atoms with Gasteiger partial charge in [0, 0.05) is 20.3 Å². The Morgan fingerprint density at radius 1 is 1.39 bits per heavy atom. The number of hydrogen-bond acceptors (Lipinski definition) is 4. The van der Waals surface area contributed by atoms with E-state index < -0.39 is 0 Å². The van der Waals surface area contributed by atoms with Crippen molar-refractivity contribution >= 4 is 5.91 Å². The molecule has 1 N–H and O–H groups in total. The van der Waals surface area contributed by atoms with Crippen LogP contribution in [0.25, 0.3) is 0 Å². The molecule has 1 aliphatic heterocycles. The minimum absolute atomic E-state index is 0.145. The first-order chi connectivity index (χ1) is 8.83. The maximum Gasteiger partial charge on any atom is 0.255 e. The number of amides is 1. The van der Waals surface area contributed by atoms with Gasteiger partial charge in [-0.2, -0.15) is 0 Å². The molecule has 0 atom stereocenters. The quantitative estimate of drug-likeness (QED) is 0.799. The normalized spacial score (nSPS) is 13.2. The van der Waals surface area contributed by atoms with Crippen molar-refractivity contribution in [2.45, 2.75) is 6.42 Å². The number of carbonyl (C=O) groups excluding carboxylic acids is 1. The topological polar surface area (TPSA) is 56.8 Å². The van der Waals surface area contributed by atoms with Gasteiger partial charge in [-0.25, -0.2) is 0 Å². The van der Waals surface area contributed by atoms with Crippen molar-refractivity contribution in [2.24, 2.45) is 0 Å². The molecular weight excluding hydrogens is 234 g/mol. The van der Waals surface area contributed by atoms with E-state index in [1.54, 1.807) is 25.3 Å². The molecule has 0 radical (unpaired) electrons. The van der Waals surface area contributed by atoms with E-state index in [1.165, 1.54) is 0 Å². The number of ether oxygens (including phenoxy) is 3. The summed E-state index contributed by atoms with van der Waals surface area (Å²) >= 11 is 0. The highest BCUT2D eigenvalue weighted by molar-refractivity contribution is 5.97. The number of para-hydroxylation sites is 1. The van der Waals surface area contributed by atoms with E-state index >= 15 is 0 Å². The van der Waals surface area contributed by atoms with E-state index in [0.29, 0.717) is 43.4 Å². The third-order valence-electron chi connectivity index (χ3n) is 2.62. The average Bonchev–Trinajstić information content (AvgIpc) is 2.43. The lowest BCUT2D eigenvalue weighted by molar-refractivity contribution is 0.0937. The molecule has 1 aliphatic rings. The second kappa shape index (κ2) is 6.26. The van der Waals surface area contributed by atoms with Gasteiger partial charge in [-0.05, 0) is 18.6 Å². The van der Waals surface area contributed by atoms with Gasteiger partial charge in [0.05, 0.1) is 5.56 Å². The van der Waals surface area contributed by atoms with Crippen LogP contribution in [-0.2, 0) is 4.74 Å². The van der Waals surface area contributed by atoms with Crippen molar-refractivity contribution in [1.82, 2.24) is 5.32 Å². The molecule has 1 aromatic rings. The maximum absolute atomic E-state index is 12.0. The SMILES string of the molecule is COCCCNC(=O)c1cccc2c1OCCO2. The molecule has 98 valence electrons. The maximum atomic E-state index is 12.0. The molecule has 1 heterocycles. The van der Waals surface area contributed by atoms with Crippen LogP contribution in [0.5, 0.6) is 11.5 Å². The second-order valence-electron chi connectivity index (χ2n) is 3.93. The number of carbonyl (C=O) groups is 1. The molecule has 2 rings (SSSR count). The summed E-state index contributed by atoms with van der Waals surface area (Å²) in [6.07, 6.45) is 0.786. The lowest BCUT2D eigenvalue weighted by atomic mass is 10.1. The van der Waals surface area contributed by atoms with Crippen molar-refractivity contribution in [3.63, 3.8) is 0 Å². The highest BCUT2D eigenvalue weighted by Gasteiger charge is 2.19. The number of methoxy groups -OCH3 is 1. The van der Waals surface area contributed by atoms with Gasteiger partial charge in [0.25, 0.3) is 5.91 Å². The summed E-state index contributed by atoms with van der Waals surface area (Å²) < 4.78 is 15.8. The highest BCUT2D eigenvalue weighted by atomic mass is 16.6. The van der Waals surface area contributed by atoms with Crippen molar-refractivity contribution in [3.05, 3.63) is 23.8 Å². The van der Waals surface area contributed by atoms with E-state index in [1.807, 2.05) is 0 Å². The van der Waals surface area contributed by atoms with Gasteiger partial charge in [0.1, 0.15) is 13.2 Å². The van der Waals surface area contributed by atoms with Crippen LogP contribution in [0.2, 0.25) is 0 Å². The molecule has 0 unspecified atom stereocenters. The Hall–Kier alpha value is -1.75. The van der Waals surface area contributed by atoms with Crippen LogP contribution in [0, 0.1) is 0 Å². The van der Waals surface area contributed by atoms with Crippen molar-refractivity contribution < 1.29 is 19.0 Å². The zero-order valence-electron chi connectivity index (χ0n) is 10.4. The fraction of sp³-hybridized carbons (Fsp3) is 0.462. The van der Waals surface area contributed by atoms with E-state index in [4.69, 9.17) is 14.2 Å². The van der Waals surface area contributed by atoms with Crippen molar-refractivity contribution in [2.75, 3.05) is 33.5 Å². The summed E-state index contributed by atoms with van der Waals surface area (Å²) in [5, 5.41) is 2.83. The fourth-order valence-corrected chi connectivity index (χ4v) is 1.77. The monoisotopic (exact) mass is 251 g/mol. The molecule has 5 heteroatoms. The summed E-state index contributed by atoms with van der Waals surface area (Å²) in [6, 6.07) is 5.33. The first-order valence-corrected chi connectivity index (χ1v) is 5.98. The third kappa shape index (κ3) is 2.92. The molecule has 1 aromatic carbocycles. The first-order valence-electron chi connectivity index (χ1n) is 5.98. The Kier molecular flexibility index (Phi) is 4.41. The van der Waals surface area contributed by atoms with Crippen LogP contribution in [-0.4, -0.2) is 39.4 Å². The molecule has 0 saturated heterocycles. The number of hydrogen-bond donors (Lipinski definition) is 1. The summed E-state index contributed by atoms with van der Waals surface area (Å²) in [6.45, 7) is 2.21. The number of nitrogens with one attached hydrogen (secondary N) is 1. The Bertz CT molecular complexity index is 419. The minimum atomic E-state index is -0.145. The standard InChI is InChI=1S/C13H17NO4/c1-16-7-3-6-14-13(15)10-4-2-5-11-12(10)18-9-8-17-11/h2,4-5H,3,6-9H2,1H3,(H,14,15). The largest absolute Gasteiger partial charge is 0.486 e. The van der Waals surface area contributed by atoms with Gasteiger partial charge in [-0.1, -0.05) is 6.07 Å². The van der Waals surface area contributed by atoms with Crippen LogP contribution in [0.3, 0.4) is 0 Å². The summed E-state index contributed by atoms with van der Waals surface area (Å²) in [7, 11) is 1.64. The third-order valence-corrected chi connectivity index (χ3v) is 2.62. The zero-order valence-corrected chi connectivity index (χ0v) is 10.4. The van der Waals surface area contributed by atoms with Crippen LogP contribution in [0.15, 0.2) is 18.2 Å². The van der Waals surface area contributed by atoms with Gasteiger partial charge in [0.15, 0.2) is 11.5 Å². The molecule has 0 fully saturated rings. The van der Waals surface area contributed by atoms with Crippen LogP contribution >= 0.6 is 0 Å². The predicted octanol–water partition coefficient (Wildman–Crippen LogP) is 1.22. The Labute approximate surface area is 106 Å². The molecular formula is C13H17NO4. The van der Waals surface area contributed by atoms with Crippen LogP contribution in [0.1, 0.15) is 16.8 Å². The Morgan fingerprint density at radius 3 is 3.06 bits per heavy atom. The summed E-state index contributed by atoms with van der Waals surface area (Å²) in [4.78, 5) is 12.0. The predicted molar refractivity (Wildman–Crippen MR) is 66.3 cm³/mol.